The zero-order chi connectivity index (χ0) is 12.7. The van der Waals surface area contributed by atoms with Gasteiger partial charge >= 0.3 is 0 Å². The van der Waals surface area contributed by atoms with E-state index in [0.717, 1.165) is 6.42 Å². The van der Waals surface area contributed by atoms with Gasteiger partial charge in [-0.25, -0.2) is 4.39 Å². The zero-order valence-corrected chi connectivity index (χ0v) is 10.3. The van der Waals surface area contributed by atoms with Gasteiger partial charge in [-0.15, -0.1) is 0 Å². The van der Waals surface area contributed by atoms with E-state index in [-0.39, 0.29) is 12.4 Å². The van der Waals surface area contributed by atoms with Crippen molar-refractivity contribution >= 4 is 0 Å². The van der Waals surface area contributed by atoms with E-state index < -0.39 is 0 Å². The fourth-order valence-corrected chi connectivity index (χ4v) is 1.27. The lowest BCUT2D eigenvalue weighted by molar-refractivity contribution is 0.287. The van der Waals surface area contributed by atoms with Gasteiger partial charge in [-0.05, 0) is 24.5 Å². The number of nitrogens with two attached hydrogens (primary N) is 1. The van der Waals surface area contributed by atoms with E-state index in [0.29, 0.717) is 23.8 Å². The summed E-state index contributed by atoms with van der Waals surface area (Å²) < 4.78 is 18.6. The van der Waals surface area contributed by atoms with Gasteiger partial charge in [0, 0.05) is 6.07 Å². The van der Waals surface area contributed by atoms with Crippen LogP contribution in [0.5, 0.6) is 5.75 Å². The zero-order valence-electron chi connectivity index (χ0n) is 10.3. The minimum absolute atomic E-state index is 0.281. The van der Waals surface area contributed by atoms with Crippen LogP contribution in [0.4, 0.5) is 4.39 Å². The molecule has 1 aromatic rings. The molecule has 0 fully saturated rings. The Morgan fingerprint density at radius 3 is 2.82 bits per heavy atom. The van der Waals surface area contributed by atoms with Crippen LogP contribution in [0.2, 0.25) is 0 Å². The molecule has 92 valence electrons. The Balaban J connectivity index is 2.76. The summed E-state index contributed by atoms with van der Waals surface area (Å²) >= 11 is 0. The molecule has 0 aliphatic heterocycles. The summed E-state index contributed by atoms with van der Waals surface area (Å²) in [7, 11) is 0. The van der Waals surface area contributed by atoms with E-state index in [9.17, 15) is 4.39 Å². The molecule has 2 N–H and O–H groups in total. The molecule has 0 saturated heterocycles. The van der Waals surface area contributed by atoms with Crippen molar-refractivity contribution in [3.63, 3.8) is 0 Å². The number of hydrogen-bond donors (Lipinski definition) is 1. The van der Waals surface area contributed by atoms with Crippen molar-refractivity contribution in [2.24, 2.45) is 11.7 Å². The van der Waals surface area contributed by atoms with E-state index in [1.165, 1.54) is 12.1 Å². The first kappa shape index (κ1) is 13.5. The molecule has 0 aliphatic rings. The summed E-state index contributed by atoms with van der Waals surface area (Å²) in [6.07, 6.45) is 0.931. The lowest BCUT2D eigenvalue weighted by Gasteiger charge is -2.09. The molecular formula is C14H18FNO. The van der Waals surface area contributed by atoms with Gasteiger partial charge in [0.2, 0.25) is 0 Å². The molecule has 0 atom stereocenters. The Labute approximate surface area is 102 Å². The molecular weight excluding hydrogens is 217 g/mol. The SMILES string of the molecule is CC(C)CCOc1cc(F)ccc1C#CCN. The van der Waals surface area contributed by atoms with E-state index in [1.54, 1.807) is 6.07 Å². The van der Waals surface area contributed by atoms with Crippen molar-refractivity contribution < 1.29 is 9.13 Å². The Kier molecular flexibility index (Phi) is 5.51. The molecule has 17 heavy (non-hydrogen) atoms. The predicted octanol–water partition coefficient (Wildman–Crippen LogP) is 2.56. The highest BCUT2D eigenvalue weighted by atomic mass is 19.1. The van der Waals surface area contributed by atoms with Gasteiger partial charge in [-0.2, -0.15) is 0 Å². The third-order valence-electron chi connectivity index (χ3n) is 2.22. The van der Waals surface area contributed by atoms with Crippen LogP contribution < -0.4 is 10.5 Å². The summed E-state index contributed by atoms with van der Waals surface area (Å²) in [6.45, 7) is 5.08. The van der Waals surface area contributed by atoms with Gasteiger partial charge in [-0.1, -0.05) is 25.7 Å². The van der Waals surface area contributed by atoms with Gasteiger partial charge in [0.1, 0.15) is 11.6 Å². The molecule has 0 unspecified atom stereocenters. The van der Waals surface area contributed by atoms with Crippen LogP contribution in [0.25, 0.3) is 0 Å². The molecule has 0 saturated carbocycles. The van der Waals surface area contributed by atoms with Crippen molar-refractivity contribution in [2.45, 2.75) is 20.3 Å². The van der Waals surface area contributed by atoms with E-state index >= 15 is 0 Å². The Morgan fingerprint density at radius 2 is 2.18 bits per heavy atom. The van der Waals surface area contributed by atoms with Gasteiger partial charge in [0.15, 0.2) is 0 Å². The van der Waals surface area contributed by atoms with Crippen molar-refractivity contribution in [1.82, 2.24) is 0 Å². The maximum absolute atomic E-state index is 13.1. The van der Waals surface area contributed by atoms with Gasteiger partial charge in [-0.3, -0.25) is 0 Å². The molecule has 1 aromatic carbocycles. The third kappa shape index (κ3) is 4.88. The Bertz CT molecular complexity index is 418. The first-order chi connectivity index (χ1) is 8.13. The average molecular weight is 235 g/mol. The minimum atomic E-state index is -0.317. The maximum Gasteiger partial charge on any atom is 0.137 e. The average Bonchev–Trinajstić information content (AvgIpc) is 2.27. The molecule has 0 aromatic heterocycles. The molecule has 0 amide bonds. The second-order valence-corrected chi connectivity index (χ2v) is 4.18. The van der Waals surface area contributed by atoms with E-state index in [2.05, 4.69) is 25.7 Å². The van der Waals surface area contributed by atoms with Crippen molar-refractivity contribution in [2.75, 3.05) is 13.2 Å². The van der Waals surface area contributed by atoms with Gasteiger partial charge < -0.3 is 10.5 Å². The lowest BCUT2D eigenvalue weighted by atomic mass is 10.1. The van der Waals surface area contributed by atoms with Crippen LogP contribution in [0.15, 0.2) is 18.2 Å². The number of halogens is 1. The smallest absolute Gasteiger partial charge is 0.137 e. The van der Waals surface area contributed by atoms with Crippen LogP contribution in [0.3, 0.4) is 0 Å². The molecule has 0 aliphatic carbocycles. The molecule has 3 heteroatoms. The number of rotatable bonds is 4. The maximum atomic E-state index is 13.1. The minimum Gasteiger partial charge on any atom is -0.492 e. The van der Waals surface area contributed by atoms with Crippen LogP contribution in [0, 0.1) is 23.6 Å². The first-order valence-corrected chi connectivity index (χ1v) is 5.74. The first-order valence-electron chi connectivity index (χ1n) is 5.74. The Hall–Kier alpha value is -1.53. The Morgan fingerprint density at radius 1 is 1.41 bits per heavy atom. The lowest BCUT2D eigenvalue weighted by Crippen LogP contribution is -2.03. The van der Waals surface area contributed by atoms with Crippen LogP contribution in [0.1, 0.15) is 25.8 Å². The highest BCUT2D eigenvalue weighted by Crippen LogP contribution is 2.19. The van der Waals surface area contributed by atoms with E-state index in [1.807, 2.05) is 0 Å². The monoisotopic (exact) mass is 235 g/mol. The second-order valence-electron chi connectivity index (χ2n) is 4.18. The number of hydrogen-bond acceptors (Lipinski definition) is 2. The molecule has 0 bridgehead atoms. The van der Waals surface area contributed by atoms with Gasteiger partial charge in [0.05, 0.1) is 18.7 Å². The molecule has 1 rings (SSSR count). The largest absolute Gasteiger partial charge is 0.492 e. The topological polar surface area (TPSA) is 35.2 Å². The quantitative estimate of drug-likeness (QED) is 0.814. The van der Waals surface area contributed by atoms with Crippen LogP contribution in [-0.2, 0) is 0 Å². The fraction of sp³-hybridized carbons (Fsp3) is 0.429. The standard InChI is InChI=1S/C14H18FNO/c1-11(2)7-9-17-14-10-13(15)6-5-12(14)4-3-8-16/h5-6,10-11H,7-9,16H2,1-2H3. The molecule has 2 nitrogen and oxygen atoms in total. The summed E-state index contributed by atoms with van der Waals surface area (Å²) in [5.41, 5.74) is 5.99. The number of benzene rings is 1. The highest BCUT2D eigenvalue weighted by Gasteiger charge is 2.04. The fourth-order valence-electron chi connectivity index (χ4n) is 1.27. The predicted molar refractivity (Wildman–Crippen MR) is 67.3 cm³/mol. The summed E-state index contributed by atoms with van der Waals surface area (Å²) in [6, 6.07) is 4.35. The third-order valence-corrected chi connectivity index (χ3v) is 2.22. The molecule has 0 radical (unpaired) electrons. The van der Waals surface area contributed by atoms with E-state index in [4.69, 9.17) is 10.5 Å². The highest BCUT2D eigenvalue weighted by molar-refractivity contribution is 5.46. The van der Waals surface area contributed by atoms with Gasteiger partial charge in [0.25, 0.3) is 0 Å². The van der Waals surface area contributed by atoms with Crippen LogP contribution in [-0.4, -0.2) is 13.2 Å². The normalized spacial score (nSPS) is 9.94. The van der Waals surface area contributed by atoms with Crippen LogP contribution >= 0.6 is 0 Å². The second kappa shape index (κ2) is 6.93. The van der Waals surface area contributed by atoms with Crippen molar-refractivity contribution in [3.05, 3.63) is 29.6 Å². The summed E-state index contributed by atoms with van der Waals surface area (Å²) in [4.78, 5) is 0. The molecule has 0 heterocycles. The summed E-state index contributed by atoms with van der Waals surface area (Å²) in [5.74, 6) is 6.34. The van der Waals surface area contributed by atoms with Crippen molar-refractivity contribution in [3.8, 4) is 17.6 Å². The molecule has 0 spiro atoms. The summed E-state index contributed by atoms with van der Waals surface area (Å²) in [5, 5.41) is 0. The number of ether oxygens (including phenoxy) is 1. The van der Waals surface area contributed by atoms with Crippen molar-refractivity contribution in [1.29, 1.82) is 0 Å².